The molecule has 6 heteroatoms. The zero-order chi connectivity index (χ0) is 19.4. The average molecular weight is 387 g/mol. The van der Waals surface area contributed by atoms with Gasteiger partial charge in [-0.1, -0.05) is 32.0 Å². The van der Waals surface area contributed by atoms with E-state index in [1.807, 2.05) is 24.3 Å². The van der Waals surface area contributed by atoms with Crippen molar-refractivity contribution in [3.63, 3.8) is 0 Å². The molecule has 1 aromatic heterocycles. The third-order valence-corrected chi connectivity index (χ3v) is 6.30. The molecule has 0 fully saturated rings. The number of thiophene rings is 1. The fourth-order valence-electron chi connectivity index (χ4n) is 3.46. The van der Waals surface area contributed by atoms with E-state index in [2.05, 4.69) is 19.2 Å². The Bertz CT molecular complexity index is 844. The third kappa shape index (κ3) is 4.33. The molecule has 1 aliphatic rings. The van der Waals surface area contributed by atoms with Crippen LogP contribution < -0.4 is 15.8 Å². The first kappa shape index (κ1) is 19.4. The number of rotatable bonds is 7. The molecule has 27 heavy (non-hydrogen) atoms. The highest BCUT2D eigenvalue weighted by molar-refractivity contribution is 7.17. The summed E-state index contributed by atoms with van der Waals surface area (Å²) in [6.45, 7) is 4.16. The minimum atomic E-state index is -0.479. The molecule has 3 N–H and O–H groups in total. The topological polar surface area (TPSA) is 81.4 Å². The molecule has 1 aliphatic carbocycles. The average Bonchev–Trinajstić information content (AvgIpc) is 3.03. The second kappa shape index (κ2) is 8.57. The molecule has 1 unspecified atom stereocenters. The van der Waals surface area contributed by atoms with Crippen molar-refractivity contribution in [2.45, 2.75) is 51.9 Å². The molecular formula is C21H26N2O3S. The van der Waals surface area contributed by atoms with E-state index in [4.69, 9.17) is 10.5 Å². The van der Waals surface area contributed by atoms with Gasteiger partial charge < -0.3 is 15.8 Å². The van der Waals surface area contributed by atoms with Gasteiger partial charge in [-0.3, -0.25) is 9.59 Å². The minimum Gasteiger partial charge on any atom is -0.483 e. The first-order chi connectivity index (χ1) is 13.0. The maximum atomic E-state index is 12.4. The standard InChI is InChI=1S/C21H26N2O3S/c1-3-13(2)14-8-4-6-10-16(14)26-12-18(24)23-21-19(20(22)25)15-9-5-7-11-17(15)27-21/h4,6,8,10,13H,3,5,7,9,11-12H2,1-2H3,(H2,22,25)(H,23,24). The predicted molar refractivity (Wildman–Crippen MR) is 109 cm³/mol. The highest BCUT2D eigenvalue weighted by Gasteiger charge is 2.25. The summed E-state index contributed by atoms with van der Waals surface area (Å²) < 4.78 is 5.77. The monoisotopic (exact) mass is 386 g/mol. The Morgan fingerprint density at radius 2 is 2.00 bits per heavy atom. The van der Waals surface area contributed by atoms with Crippen LogP contribution in [0.25, 0.3) is 0 Å². The van der Waals surface area contributed by atoms with Gasteiger partial charge in [-0.2, -0.15) is 0 Å². The number of nitrogens with one attached hydrogen (secondary N) is 1. The van der Waals surface area contributed by atoms with Gasteiger partial charge in [-0.15, -0.1) is 11.3 Å². The van der Waals surface area contributed by atoms with Gasteiger partial charge in [0.05, 0.1) is 5.56 Å². The van der Waals surface area contributed by atoms with Crippen molar-refractivity contribution in [3.05, 3.63) is 45.8 Å². The van der Waals surface area contributed by atoms with E-state index in [1.165, 1.54) is 11.3 Å². The molecule has 1 atom stereocenters. The van der Waals surface area contributed by atoms with Crippen molar-refractivity contribution in [1.82, 2.24) is 0 Å². The molecule has 5 nitrogen and oxygen atoms in total. The number of hydrogen-bond donors (Lipinski definition) is 2. The smallest absolute Gasteiger partial charge is 0.262 e. The summed E-state index contributed by atoms with van der Waals surface area (Å²) >= 11 is 1.46. The lowest BCUT2D eigenvalue weighted by Crippen LogP contribution is -2.22. The second-order valence-electron chi connectivity index (χ2n) is 6.96. The summed E-state index contributed by atoms with van der Waals surface area (Å²) in [6.07, 6.45) is 4.94. The van der Waals surface area contributed by atoms with Crippen molar-refractivity contribution < 1.29 is 14.3 Å². The molecule has 1 aromatic carbocycles. The highest BCUT2D eigenvalue weighted by atomic mass is 32.1. The van der Waals surface area contributed by atoms with Gasteiger partial charge in [-0.05, 0) is 55.2 Å². The fraction of sp³-hybridized carbons (Fsp3) is 0.429. The van der Waals surface area contributed by atoms with Crippen LogP contribution in [-0.4, -0.2) is 18.4 Å². The normalized spacial score (nSPS) is 14.3. The van der Waals surface area contributed by atoms with Crippen molar-refractivity contribution in [3.8, 4) is 5.75 Å². The molecule has 0 radical (unpaired) electrons. The van der Waals surface area contributed by atoms with E-state index in [9.17, 15) is 9.59 Å². The van der Waals surface area contributed by atoms with Crippen LogP contribution in [0.5, 0.6) is 5.75 Å². The lowest BCUT2D eigenvalue weighted by atomic mass is 9.95. The Hall–Kier alpha value is -2.34. The molecule has 0 bridgehead atoms. The summed E-state index contributed by atoms with van der Waals surface area (Å²) in [7, 11) is 0. The van der Waals surface area contributed by atoms with Gasteiger partial charge in [0, 0.05) is 4.88 Å². The second-order valence-corrected chi connectivity index (χ2v) is 8.07. The Kier molecular flexibility index (Phi) is 6.16. The quantitative estimate of drug-likeness (QED) is 0.746. The van der Waals surface area contributed by atoms with Crippen molar-refractivity contribution >= 4 is 28.2 Å². The number of carbonyl (C=O) groups excluding carboxylic acids is 2. The van der Waals surface area contributed by atoms with E-state index in [-0.39, 0.29) is 12.5 Å². The number of amides is 2. The summed E-state index contributed by atoms with van der Waals surface area (Å²) in [5.41, 5.74) is 8.16. The Morgan fingerprint density at radius 1 is 1.26 bits per heavy atom. The van der Waals surface area contributed by atoms with Gasteiger partial charge >= 0.3 is 0 Å². The van der Waals surface area contributed by atoms with Crippen LogP contribution in [0.1, 0.15) is 65.4 Å². The molecule has 144 valence electrons. The number of aryl methyl sites for hydroxylation is 1. The summed E-state index contributed by atoms with van der Waals surface area (Å²) in [5.74, 6) is 0.320. The maximum absolute atomic E-state index is 12.4. The SMILES string of the molecule is CCC(C)c1ccccc1OCC(=O)Nc1sc2c(c1C(N)=O)CCCC2. The zero-order valence-electron chi connectivity index (χ0n) is 15.8. The Labute approximate surface area is 163 Å². The molecule has 0 aliphatic heterocycles. The third-order valence-electron chi connectivity index (χ3n) is 5.09. The van der Waals surface area contributed by atoms with Crippen molar-refractivity contribution in [1.29, 1.82) is 0 Å². The number of para-hydroxylation sites is 1. The summed E-state index contributed by atoms with van der Waals surface area (Å²) in [5, 5.41) is 3.39. The van der Waals surface area contributed by atoms with Crippen molar-refractivity contribution in [2.24, 2.45) is 5.73 Å². The van der Waals surface area contributed by atoms with Crippen molar-refractivity contribution in [2.75, 3.05) is 11.9 Å². The molecule has 0 saturated carbocycles. The maximum Gasteiger partial charge on any atom is 0.262 e. The minimum absolute atomic E-state index is 0.103. The van der Waals surface area contributed by atoms with E-state index in [0.717, 1.165) is 53.9 Å². The number of fused-ring (bicyclic) bond motifs is 1. The Balaban J connectivity index is 1.71. The first-order valence-corrected chi connectivity index (χ1v) is 10.3. The molecule has 2 aromatic rings. The van der Waals surface area contributed by atoms with Gasteiger partial charge in [-0.25, -0.2) is 0 Å². The summed E-state index contributed by atoms with van der Waals surface area (Å²) in [6, 6.07) is 7.79. The number of ether oxygens (including phenoxy) is 1. The number of benzene rings is 1. The van der Waals surface area contributed by atoms with Gasteiger partial charge in [0.25, 0.3) is 11.8 Å². The lowest BCUT2D eigenvalue weighted by molar-refractivity contribution is -0.118. The highest BCUT2D eigenvalue weighted by Crippen LogP contribution is 2.38. The molecular weight excluding hydrogens is 360 g/mol. The molecule has 0 saturated heterocycles. The van der Waals surface area contributed by atoms with Crippen LogP contribution >= 0.6 is 11.3 Å². The number of nitrogens with two attached hydrogens (primary N) is 1. The number of primary amides is 1. The van der Waals surface area contributed by atoms with E-state index >= 15 is 0 Å². The fourth-order valence-corrected chi connectivity index (χ4v) is 4.77. The van der Waals surface area contributed by atoms with E-state index < -0.39 is 5.91 Å². The number of anilines is 1. The molecule has 1 heterocycles. The predicted octanol–water partition coefficient (Wildman–Crippen LogP) is 4.26. The summed E-state index contributed by atoms with van der Waals surface area (Å²) in [4.78, 5) is 25.5. The van der Waals surface area contributed by atoms with Crippen LogP contribution in [0.2, 0.25) is 0 Å². The van der Waals surface area contributed by atoms with Gasteiger partial charge in [0.2, 0.25) is 0 Å². The van der Waals surface area contributed by atoms with Crippen LogP contribution in [-0.2, 0) is 17.6 Å². The Morgan fingerprint density at radius 3 is 2.74 bits per heavy atom. The van der Waals surface area contributed by atoms with Gasteiger partial charge in [0.1, 0.15) is 10.8 Å². The zero-order valence-corrected chi connectivity index (χ0v) is 16.7. The molecule has 3 rings (SSSR count). The number of carbonyl (C=O) groups is 2. The van der Waals surface area contributed by atoms with Crippen LogP contribution in [0.4, 0.5) is 5.00 Å². The van der Waals surface area contributed by atoms with Crippen LogP contribution in [0.15, 0.2) is 24.3 Å². The van der Waals surface area contributed by atoms with E-state index in [0.29, 0.717) is 16.5 Å². The molecule has 0 spiro atoms. The van der Waals surface area contributed by atoms with Crippen LogP contribution in [0, 0.1) is 0 Å². The largest absolute Gasteiger partial charge is 0.483 e. The van der Waals surface area contributed by atoms with Crippen LogP contribution in [0.3, 0.4) is 0 Å². The van der Waals surface area contributed by atoms with E-state index in [1.54, 1.807) is 0 Å². The number of hydrogen-bond acceptors (Lipinski definition) is 4. The molecule has 2 amide bonds. The van der Waals surface area contributed by atoms with Gasteiger partial charge in [0.15, 0.2) is 6.61 Å². The lowest BCUT2D eigenvalue weighted by Gasteiger charge is -2.15. The first-order valence-electron chi connectivity index (χ1n) is 9.47.